The molecule has 1 aromatic heterocycles. The average molecular weight is 336 g/mol. The first kappa shape index (κ1) is 16.4. The molecule has 0 bridgehead atoms. The number of furan rings is 1. The molecule has 3 rings (SSSR count). The number of carbonyl (C=O) groups excluding carboxylic acids is 2. The Bertz CT molecular complexity index is 558. The van der Waals surface area contributed by atoms with Crippen LogP contribution in [0, 0.1) is 5.92 Å². The highest BCUT2D eigenvalue weighted by Crippen LogP contribution is 2.24. The van der Waals surface area contributed by atoms with Crippen LogP contribution in [0.1, 0.15) is 42.0 Å². The summed E-state index contributed by atoms with van der Waals surface area (Å²) < 4.78 is 5.61. The van der Waals surface area contributed by atoms with Gasteiger partial charge in [0, 0.05) is 32.1 Å². The van der Waals surface area contributed by atoms with Crippen LogP contribution in [0.2, 0.25) is 0 Å². The summed E-state index contributed by atoms with van der Waals surface area (Å²) in [7, 11) is 0. The number of piperidine rings is 1. The summed E-state index contributed by atoms with van der Waals surface area (Å²) in [5.74, 6) is 2.35. The van der Waals surface area contributed by atoms with Crippen LogP contribution in [0.5, 0.6) is 0 Å². The van der Waals surface area contributed by atoms with Gasteiger partial charge in [-0.1, -0.05) is 0 Å². The minimum absolute atomic E-state index is 0.0515. The van der Waals surface area contributed by atoms with Gasteiger partial charge in [0.25, 0.3) is 5.91 Å². The molecule has 3 heterocycles. The van der Waals surface area contributed by atoms with E-state index < -0.39 is 0 Å². The van der Waals surface area contributed by atoms with Gasteiger partial charge in [-0.05, 0) is 44.1 Å². The summed E-state index contributed by atoms with van der Waals surface area (Å²) in [5.41, 5.74) is 0. The molecule has 0 unspecified atom stereocenters. The van der Waals surface area contributed by atoms with E-state index >= 15 is 0 Å². The molecule has 2 saturated heterocycles. The molecule has 126 valence electrons. The molecule has 0 aromatic carbocycles. The number of rotatable bonds is 4. The number of hydrogen-bond donors (Lipinski definition) is 0. The van der Waals surface area contributed by atoms with Crippen LogP contribution < -0.4 is 0 Å². The zero-order valence-electron chi connectivity index (χ0n) is 13.6. The second kappa shape index (κ2) is 7.43. The number of likely N-dealkylation sites (tertiary alicyclic amines) is 2. The molecule has 2 amide bonds. The molecule has 23 heavy (non-hydrogen) atoms. The third-order valence-corrected chi connectivity index (χ3v) is 5.28. The first-order chi connectivity index (χ1) is 11.2. The Kier molecular flexibility index (Phi) is 5.30. The summed E-state index contributed by atoms with van der Waals surface area (Å²) in [6.45, 7) is 3.09. The molecule has 0 spiro atoms. The third kappa shape index (κ3) is 3.74. The van der Waals surface area contributed by atoms with Crippen LogP contribution in [0.15, 0.2) is 16.5 Å². The number of carbonyl (C=O) groups is 2. The first-order valence-electron chi connectivity index (χ1n) is 8.34. The summed E-state index contributed by atoms with van der Waals surface area (Å²) in [5, 5.41) is 0. The van der Waals surface area contributed by atoms with Crippen molar-refractivity contribution in [3.05, 3.63) is 23.7 Å². The van der Waals surface area contributed by atoms with Crippen LogP contribution in [0.3, 0.4) is 0 Å². The smallest absolute Gasteiger partial charge is 0.289 e. The molecule has 0 aliphatic carbocycles. The van der Waals surface area contributed by atoms with E-state index in [0.29, 0.717) is 18.8 Å². The predicted molar refractivity (Wildman–Crippen MR) is 90.4 cm³/mol. The van der Waals surface area contributed by atoms with Gasteiger partial charge < -0.3 is 14.2 Å². The largest absolute Gasteiger partial charge is 0.455 e. The van der Waals surface area contributed by atoms with Crippen LogP contribution in [-0.4, -0.2) is 54.0 Å². The average Bonchev–Trinajstić information content (AvgIpc) is 3.26. The fourth-order valence-electron chi connectivity index (χ4n) is 3.39. The van der Waals surface area contributed by atoms with Crippen LogP contribution >= 0.6 is 11.8 Å². The van der Waals surface area contributed by atoms with Gasteiger partial charge in [0.2, 0.25) is 5.91 Å². The minimum Gasteiger partial charge on any atom is -0.455 e. The standard InChI is InChI=1S/C17H24N2O3S/c1-23-12-14-4-5-15(22-14)17(21)19-10-6-13(7-11-19)16(20)18-8-2-3-9-18/h4-5,13H,2-3,6-12H2,1H3. The van der Waals surface area contributed by atoms with E-state index in [1.807, 2.05) is 22.1 Å². The van der Waals surface area contributed by atoms with E-state index in [0.717, 1.165) is 50.3 Å². The van der Waals surface area contributed by atoms with Crippen LogP contribution in [-0.2, 0) is 10.5 Å². The van der Waals surface area contributed by atoms with Crippen LogP contribution in [0.25, 0.3) is 0 Å². The molecule has 2 aliphatic rings. The maximum absolute atomic E-state index is 12.5. The van der Waals surface area contributed by atoms with Gasteiger partial charge in [-0.15, -0.1) is 0 Å². The molecule has 5 nitrogen and oxygen atoms in total. The van der Waals surface area contributed by atoms with Crippen molar-refractivity contribution >= 4 is 23.6 Å². The Morgan fingerprint density at radius 2 is 1.83 bits per heavy atom. The lowest BCUT2D eigenvalue weighted by Gasteiger charge is -2.32. The Balaban J connectivity index is 1.53. The maximum Gasteiger partial charge on any atom is 0.289 e. The van der Waals surface area contributed by atoms with Crippen molar-refractivity contribution in [1.82, 2.24) is 9.80 Å². The zero-order valence-corrected chi connectivity index (χ0v) is 14.4. The Morgan fingerprint density at radius 3 is 2.48 bits per heavy atom. The Labute approximate surface area is 141 Å². The third-order valence-electron chi connectivity index (χ3n) is 4.71. The number of thioether (sulfide) groups is 1. The minimum atomic E-state index is -0.0515. The Morgan fingerprint density at radius 1 is 1.13 bits per heavy atom. The second-order valence-electron chi connectivity index (χ2n) is 6.30. The summed E-state index contributed by atoms with van der Waals surface area (Å²) in [6, 6.07) is 3.63. The molecular formula is C17H24N2O3S. The monoisotopic (exact) mass is 336 g/mol. The van der Waals surface area contributed by atoms with E-state index in [9.17, 15) is 9.59 Å². The molecule has 0 N–H and O–H groups in total. The lowest BCUT2D eigenvalue weighted by atomic mass is 9.95. The lowest BCUT2D eigenvalue weighted by molar-refractivity contribution is -0.135. The van der Waals surface area contributed by atoms with Crippen molar-refractivity contribution in [2.75, 3.05) is 32.4 Å². The van der Waals surface area contributed by atoms with Gasteiger partial charge in [-0.2, -0.15) is 11.8 Å². The van der Waals surface area contributed by atoms with Gasteiger partial charge in [0.05, 0.1) is 5.75 Å². The van der Waals surface area contributed by atoms with Crippen molar-refractivity contribution in [3.63, 3.8) is 0 Å². The SMILES string of the molecule is CSCc1ccc(C(=O)N2CCC(C(=O)N3CCCC3)CC2)o1. The quantitative estimate of drug-likeness (QED) is 0.848. The summed E-state index contributed by atoms with van der Waals surface area (Å²) in [4.78, 5) is 28.7. The highest BCUT2D eigenvalue weighted by Gasteiger charge is 2.32. The lowest BCUT2D eigenvalue weighted by Crippen LogP contribution is -2.43. The predicted octanol–water partition coefficient (Wildman–Crippen LogP) is 2.62. The van der Waals surface area contributed by atoms with Crippen molar-refractivity contribution < 1.29 is 14.0 Å². The van der Waals surface area contributed by atoms with Crippen molar-refractivity contribution in [1.29, 1.82) is 0 Å². The van der Waals surface area contributed by atoms with Crippen LogP contribution in [0.4, 0.5) is 0 Å². The fraction of sp³-hybridized carbons (Fsp3) is 0.647. The molecule has 6 heteroatoms. The van der Waals surface area contributed by atoms with E-state index in [1.54, 1.807) is 17.8 Å². The maximum atomic E-state index is 12.5. The highest BCUT2D eigenvalue weighted by molar-refractivity contribution is 7.97. The van der Waals surface area contributed by atoms with Gasteiger partial charge in [0.15, 0.2) is 5.76 Å². The number of amides is 2. The first-order valence-corrected chi connectivity index (χ1v) is 9.74. The summed E-state index contributed by atoms with van der Waals surface area (Å²) >= 11 is 1.67. The highest BCUT2D eigenvalue weighted by atomic mass is 32.2. The topological polar surface area (TPSA) is 53.8 Å². The molecule has 0 radical (unpaired) electrons. The van der Waals surface area contributed by atoms with Gasteiger partial charge >= 0.3 is 0 Å². The Hall–Kier alpha value is -1.43. The van der Waals surface area contributed by atoms with Gasteiger partial charge in [0.1, 0.15) is 5.76 Å². The van der Waals surface area contributed by atoms with Gasteiger partial charge in [-0.3, -0.25) is 9.59 Å². The van der Waals surface area contributed by atoms with E-state index in [2.05, 4.69) is 0 Å². The van der Waals surface area contributed by atoms with E-state index in [-0.39, 0.29) is 17.7 Å². The molecule has 0 saturated carbocycles. The normalized spacial score (nSPS) is 19.3. The number of nitrogens with zero attached hydrogens (tertiary/aromatic N) is 2. The van der Waals surface area contributed by atoms with Crippen molar-refractivity contribution in [2.45, 2.75) is 31.4 Å². The fourth-order valence-corrected chi connectivity index (χ4v) is 3.83. The summed E-state index contributed by atoms with van der Waals surface area (Å²) in [6.07, 6.45) is 5.78. The number of hydrogen-bond acceptors (Lipinski definition) is 4. The molecule has 0 atom stereocenters. The van der Waals surface area contributed by atoms with E-state index in [1.165, 1.54) is 0 Å². The molecular weight excluding hydrogens is 312 g/mol. The van der Waals surface area contributed by atoms with Crippen molar-refractivity contribution in [2.24, 2.45) is 5.92 Å². The van der Waals surface area contributed by atoms with Gasteiger partial charge in [-0.25, -0.2) is 0 Å². The molecule has 2 aliphatic heterocycles. The molecule has 2 fully saturated rings. The molecule has 1 aromatic rings. The zero-order chi connectivity index (χ0) is 16.2. The second-order valence-corrected chi connectivity index (χ2v) is 7.16. The van der Waals surface area contributed by atoms with Crippen molar-refractivity contribution in [3.8, 4) is 0 Å². The van der Waals surface area contributed by atoms with E-state index in [4.69, 9.17) is 4.42 Å².